The van der Waals surface area contributed by atoms with E-state index in [1.54, 1.807) is 0 Å². The summed E-state index contributed by atoms with van der Waals surface area (Å²) in [5, 5.41) is 3.12. The highest BCUT2D eigenvalue weighted by atomic mass is 35.5. The highest BCUT2D eigenvalue weighted by Gasteiger charge is 2.37. The zero-order chi connectivity index (χ0) is 15.4. The van der Waals surface area contributed by atoms with E-state index in [1.165, 1.54) is 0 Å². The summed E-state index contributed by atoms with van der Waals surface area (Å²) in [6.45, 7) is 4.78. The van der Waals surface area contributed by atoms with Crippen LogP contribution < -0.4 is 11.1 Å². The lowest BCUT2D eigenvalue weighted by molar-refractivity contribution is -0.130. The van der Waals surface area contributed by atoms with Gasteiger partial charge >= 0.3 is 0 Å². The summed E-state index contributed by atoms with van der Waals surface area (Å²) in [5.74, 6) is 0.0143. The Morgan fingerprint density at radius 1 is 1.27 bits per heavy atom. The highest BCUT2D eigenvalue weighted by Crippen LogP contribution is 2.24. The quantitative estimate of drug-likeness (QED) is 0.807. The predicted molar refractivity (Wildman–Crippen MR) is 89.8 cm³/mol. The van der Waals surface area contributed by atoms with Crippen LogP contribution in [0.1, 0.15) is 58.8 Å². The maximum absolute atomic E-state index is 12.4. The first-order chi connectivity index (χ1) is 10.0. The predicted octanol–water partition coefficient (Wildman–Crippen LogP) is 1.83. The van der Waals surface area contributed by atoms with Crippen LogP contribution in [0.3, 0.4) is 0 Å². The van der Waals surface area contributed by atoms with Crippen molar-refractivity contribution in [3.05, 3.63) is 0 Å². The number of likely N-dealkylation sites (tertiary alicyclic amines) is 1. The third kappa shape index (κ3) is 4.59. The molecular formula is C16H30ClN3O2. The third-order valence-electron chi connectivity index (χ3n) is 5.03. The molecule has 2 rings (SSSR count). The second-order valence-electron chi connectivity index (χ2n) is 6.54. The Hall–Kier alpha value is -0.810. The molecule has 5 nitrogen and oxygen atoms in total. The number of carbonyl (C=O) groups is 2. The minimum absolute atomic E-state index is 0. The number of hydrogen-bond acceptors (Lipinski definition) is 3. The van der Waals surface area contributed by atoms with E-state index < -0.39 is 0 Å². The SMILES string of the molecule is CCC(CC)N1CC(C(=O)NC2CCC(N)CC2)CC1=O.Cl. The Kier molecular flexibility index (Phi) is 7.63. The molecule has 1 aliphatic carbocycles. The summed E-state index contributed by atoms with van der Waals surface area (Å²) < 4.78 is 0. The molecule has 22 heavy (non-hydrogen) atoms. The molecule has 2 aliphatic rings. The van der Waals surface area contributed by atoms with Gasteiger partial charge in [0.25, 0.3) is 0 Å². The number of halogens is 1. The molecule has 128 valence electrons. The van der Waals surface area contributed by atoms with E-state index in [0.29, 0.717) is 13.0 Å². The normalized spacial score (nSPS) is 28.6. The van der Waals surface area contributed by atoms with E-state index in [-0.39, 0.29) is 48.3 Å². The lowest BCUT2D eigenvalue weighted by atomic mass is 9.91. The molecule has 0 bridgehead atoms. The maximum atomic E-state index is 12.4. The van der Waals surface area contributed by atoms with Crippen molar-refractivity contribution in [3.63, 3.8) is 0 Å². The zero-order valence-corrected chi connectivity index (χ0v) is 14.5. The number of amides is 2. The average Bonchev–Trinajstić information content (AvgIpc) is 2.85. The summed E-state index contributed by atoms with van der Waals surface area (Å²) in [6, 6.07) is 0.814. The molecule has 1 unspecified atom stereocenters. The van der Waals surface area contributed by atoms with Crippen molar-refractivity contribution in [1.29, 1.82) is 0 Å². The first kappa shape index (κ1) is 19.2. The summed E-state index contributed by atoms with van der Waals surface area (Å²) >= 11 is 0. The van der Waals surface area contributed by atoms with Crippen LogP contribution in [0, 0.1) is 5.92 Å². The van der Waals surface area contributed by atoms with Crippen LogP contribution in [0.4, 0.5) is 0 Å². The maximum Gasteiger partial charge on any atom is 0.225 e. The van der Waals surface area contributed by atoms with Gasteiger partial charge in [-0.3, -0.25) is 9.59 Å². The fourth-order valence-electron chi connectivity index (χ4n) is 3.57. The third-order valence-corrected chi connectivity index (χ3v) is 5.03. The van der Waals surface area contributed by atoms with Crippen LogP contribution in [0.25, 0.3) is 0 Å². The molecule has 2 amide bonds. The standard InChI is InChI=1S/C16H29N3O2.ClH/c1-3-14(4-2)19-10-11(9-15(19)20)16(21)18-13-7-5-12(17)6-8-13;/h11-14H,3-10,17H2,1-2H3,(H,18,21);1H. The van der Waals surface area contributed by atoms with E-state index >= 15 is 0 Å². The number of carbonyl (C=O) groups excluding carboxylic acids is 2. The Bertz CT molecular complexity index is 380. The largest absolute Gasteiger partial charge is 0.353 e. The van der Waals surface area contributed by atoms with Crippen molar-refractivity contribution in [2.75, 3.05) is 6.54 Å². The van der Waals surface area contributed by atoms with Crippen molar-refractivity contribution in [1.82, 2.24) is 10.2 Å². The summed E-state index contributed by atoms with van der Waals surface area (Å²) in [7, 11) is 0. The Balaban J connectivity index is 0.00000242. The zero-order valence-electron chi connectivity index (χ0n) is 13.7. The first-order valence-corrected chi connectivity index (χ1v) is 8.40. The second kappa shape index (κ2) is 8.73. The topological polar surface area (TPSA) is 75.4 Å². The Morgan fingerprint density at radius 3 is 2.41 bits per heavy atom. The lowest BCUT2D eigenvalue weighted by Gasteiger charge is -2.28. The van der Waals surface area contributed by atoms with Crippen molar-refractivity contribution in [2.24, 2.45) is 11.7 Å². The van der Waals surface area contributed by atoms with Gasteiger partial charge in [0.1, 0.15) is 0 Å². The molecule has 1 saturated heterocycles. The molecule has 1 heterocycles. The summed E-state index contributed by atoms with van der Waals surface area (Å²) in [4.78, 5) is 26.4. The molecule has 2 fully saturated rings. The number of nitrogens with one attached hydrogen (secondary N) is 1. The molecule has 1 aliphatic heterocycles. The van der Waals surface area contributed by atoms with Gasteiger partial charge in [-0.25, -0.2) is 0 Å². The number of nitrogens with two attached hydrogens (primary N) is 1. The average molecular weight is 332 g/mol. The van der Waals surface area contributed by atoms with Crippen LogP contribution in [0.15, 0.2) is 0 Å². The van der Waals surface area contributed by atoms with Crippen molar-refractivity contribution in [3.8, 4) is 0 Å². The van der Waals surface area contributed by atoms with Crippen molar-refractivity contribution >= 4 is 24.2 Å². The van der Waals surface area contributed by atoms with Gasteiger partial charge in [0.15, 0.2) is 0 Å². The molecule has 0 aromatic heterocycles. The van der Waals surface area contributed by atoms with E-state index in [2.05, 4.69) is 19.2 Å². The monoisotopic (exact) mass is 331 g/mol. The van der Waals surface area contributed by atoms with Crippen LogP contribution in [-0.2, 0) is 9.59 Å². The smallest absolute Gasteiger partial charge is 0.225 e. The van der Waals surface area contributed by atoms with Crippen LogP contribution >= 0.6 is 12.4 Å². The Morgan fingerprint density at radius 2 is 1.86 bits per heavy atom. The summed E-state index contributed by atoms with van der Waals surface area (Å²) in [6.07, 6.45) is 6.17. The highest BCUT2D eigenvalue weighted by molar-refractivity contribution is 5.89. The lowest BCUT2D eigenvalue weighted by Crippen LogP contribution is -2.44. The minimum Gasteiger partial charge on any atom is -0.353 e. The van der Waals surface area contributed by atoms with Gasteiger partial charge < -0.3 is 16.0 Å². The van der Waals surface area contributed by atoms with Crippen LogP contribution in [-0.4, -0.2) is 41.4 Å². The minimum atomic E-state index is -0.173. The van der Waals surface area contributed by atoms with Crippen molar-refractivity contribution in [2.45, 2.75) is 76.9 Å². The molecule has 0 aromatic carbocycles. The number of hydrogen-bond donors (Lipinski definition) is 2. The molecule has 1 atom stereocenters. The van der Waals surface area contributed by atoms with E-state index in [0.717, 1.165) is 38.5 Å². The second-order valence-corrected chi connectivity index (χ2v) is 6.54. The molecule has 1 saturated carbocycles. The van der Waals surface area contributed by atoms with Gasteiger partial charge in [0.2, 0.25) is 11.8 Å². The van der Waals surface area contributed by atoms with E-state index in [1.807, 2.05) is 4.90 Å². The Labute approximate surface area is 139 Å². The van der Waals surface area contributed by atoms with Gasteiger partial charge in [-0.05, 0) is 38.5 Å². The van der Waals surface area contributed by atoms with Crippen molar-refractivity contribution < 1.29 is 9.59 Å². The molecule has 0 spiro atoms. The molecule has 0 aromatic rings. The molecule has 6 heteroatoms. The molecule has 3 N–H and O–H groups in total. The first-order valence-electron chi connectivity index (χ1n) is 8.40. The molecule has 0 radical (unpaired) electrons. The van der Waals surface area contributed by atoms with Crippen LogP contribution in [0.5, 0.6) is 0 Å². The van der Waals surface area contributed by atoms with Gasteiger partial charge in [0.05, 0.1) is 5.92 Å². The molecular weight excluding hydrogens is 302 g/mol. The van der Waals surface area contributed by atoms with Gasteiger partial charge in [-0.15, -0.1) is 12.4 Å². The number of nitrogens with zero attached hydrogens (tertiary/aromatic N) is 1. The fraction of sp³-hybridized carbons (Fsp3) is 0.875. The fourth-order valence-corrected chi connectivity index (χ4v) is 3.57. The number of rotatable bonds is 5. The van der Waals surface area contributed by atoms with Gasteiger partial charge in [-0.1, -0.05) is 13.8 Å². The summed E-state index contributed by atoms with van der Waals surface area (Å²) in [5.41, 5.74) is 5.89. The van der Waals surface area contributed by atoms with E-state index in [9.17, 15) is 9.59 Å². The van der Waals surface area contributed by atoms with Gasteiger partial charge in [0, 0.05) is 31.1 Å². The van der Waals surface area contributed by atoms with Crippen LogP contribution in [0.2, 0.25) is 0 Å². The van der Waals surface area contributed by atoms with E-state index in [4.69, 9.17) is 5.73 Å². The van der Waals surface area contributed by atoms with Gasteiger partial charge in [-0.2, -0.15) is 0 Å².